The number of halogens is 2. The second kappa shape index (κ2) is 6.97. The molecule has 3 rings (SSSR count). The van der Waals surface area contributed by atoms with E-state index in [0.29, 0.717) is 6.04 Å². The summed E-state index contributed by atoms with van der Waals surface area (Å²) in [5.74, 6) is 0. The Morgan fingerprint density at radius 1 is 1.19 bits per heavy atom. The fraction of sp³-hybridized carbons (Fsp3) is 0.471. The zero-order valence-corrected chi connectivity index (χ0v) is 14.4. The van der Waals surface area contributed by atoms with E-state index >= 15 is 0 Å². The van der Waals surface area contributed by atoms with Crippen LogP contribution in [0.15, 0.2) is 30.5 Å². The molecule has 112 valence electrons. The van der Waals surface area contributed by atoms with Gasteiger partial charge in [-0.1, -0.05) is 46.8 Å². The van der Waals surface area contributed by atoms with Crippen molar-refractivity contribution >= 4 is 44.1 Å². The highest BCUT2D eigenvalue weighted by Gasteiger charge is 2.22. The minimum Gasteiger partial charge on any atom is -0.367 e. The molecule has 2 aromatic rings. The Labute approximate surface area is 139 Å². The topological polar surface area (TPSA) is 16.1 Å². The summed E-state index contributed by atoms with van der Waals surface area (Å²) in [5.41, 5.74) is 2.28. The van der Waals surface area contributed by atoms with Gasteiger partial charge in [0.25, 0.3) is 0 Å². The third kappa shape index (κ3) is 3.35. The third-order valence-electron chi connectivity index (χ3n) is 4.33. The zero-order chi connectivity index (χ0) is 14.7. The van der Waals surface area contributed by atoms with Crippen molar-refractivity contribution < 1.29 is 0 Å². The van der Waals surface area contributed by atoms with Crippen molar-refractivity contribution in [3.63, 3.8) is 0 Å². The lowest BCUT2D eigenvalue weighted by Crippen LogP contribution is -2.38. The maximum atomic E-state index is 6.10. The normalized spacial score (nSPS) is 16.3. The highest BCUT2D eigenvalue weighted by molar-refractivity contribution is 9.09. The maximum absolute atomic E-state index is 6.10. The van der Waals surface area contributed by atoms with Crippen LogP contribution in [0, 0.1) is 0 Å². The molecule has 1 heterocycles. The van der Waals surface area contributed by atoms with Gasteiger partial charge < -0.3 is 4.90 Å². The summed E-state index contributed by atoms with van der Waals surface area (Å²) in [6.07, 6.45) is 8.56. The molecule has 1 saturated carbocycles. The molecule has 0 N–H and O–H groups in total. The first-order chi connectivity index (χ1) is 10.3. The third-order valence-corrected chi connectivity index (χ3v) is 4.92. The van der Waals surface area contributed by atoms with Crippen molar-refractivity contribution in [1.82, 2.24) is 4.98 Å². The molecule has 0 amide bonds. The number of aromatic nitrogens is 1. The van der Waals surface area contributed by atoms with Crippen LogP contribution in [0.2, 0.25) is 5.02 Å². The molecular weight excluding hydrogens is 348 g/mol. The molecule has 1 aromatic carbocycles. The average Bonchev–Trinajstić information content (AvgIpc) is 2.53. The van der Waals surface area contributed by atoms with Gasteiger partial charge in [0.2, 0.25) is 0 Å². The molecule has 1 aliphatic rings. The predicted octanol–water partition coefficient (Wildman–Crippen LogP) is 5.42. The monoisotopic (exact) mass is 366 g/mol. The highest BCUT2D eigenvalue weighted by Crippen LogP contribution is 2.32. The van der Waals surface area contributed by atoms with Gasteiger partial charge in [0.05, 0.1) is 5.52 Å². The number of pyridine rings is 1. The van der Waals surface area contributed by atoms with Gasteiger partial charge in [0.15, 0.2) is 0 Å². The van der Waals surface area contributed by atoms with Gasteiger partial charge in [-0.05, 0) is 37.1 Å². The van der Waals surface area contributed by atoms with E-state index in [1.54, 1.807) is 0 Å². The van der Waals surface area contributed by atoms with Crippen LogP contribution in [0.4, 0.5) is 5.69 Å². The first-order valence-electron chi connectivity index (χ1n) is 7.66. The quantitative estimate of drug-likeness (QED) is 0.671. The van der Waals surface area contributed by atoms with Crippen molar-refractivity contribution in [3.8, 4) is 0 Å². The molecule has 0 spiro atoms. The van der Waals surface area contributed by atoms with Gasteiger partial charge in [-0.25, -0.2) is 0 Å². The number of nitrogens with zero attached hydrogens (tertiary/aromatic N) is 2. The minimum atomic E-state index is 0.651. The number of alkyl halides is 1. The molecule has 0 radical (unpaired) electrons. The summed E-state index contributed by atoms with van der Waals surface area (Å²) < 4.78 is 0. The van der Waals surface area contributed by atoms with E-state index in [4.69, 9.17) is 11.6 Å². The summed E-state index contributed by atoms with van der Waals surface area (Å²) in [6, 6.07) is 8.81. The van der Waals surface area contributed by atoms with Crippen LogP contribution in [0.1, 0.15) is 32.1 Å². The van der Waals surface area contributed by atoms with E-state index < -0.39 is 0 Å². The number of hydrogen-bond acceptors (Lipinski definition) is 2. The predicted molar refractivity (Wildman–Crippen MR) is 94.8 cm³/mol. The lowest BCUT2D eigenvalue weighted by atomic mass is 9.93. The fourth-order valence-electron chi connectivity index (χ4n) is 3.34. The first-order valence-corrected chi connectivity index (χ1v) is 9.16. The minimum absolute atomic E-state index is 0.651. The summed E-state index contributed by atoms with van der Waals surface area (Å²) in [6.45, 7) is 1.03. The Hall–Kier alpha value is -0.800. The van der Waals surface area contributed by atoms with Crippen molar-refractivity contribution in [2.24, 2.45) is 0 Å². The number of hydrogen-bond donors (Lipinski definition) is 0. The summed E-state index contributed by atoms with van der Waals surface area (Å²) >= 11 is 9.71. The molecule has 21 heavy (non-hydrogen) atoms. The second-order valence-electron chi connectivity index (χ2n) is 5.67. The first kappa shape index (κ1) is 15.1. The Bertz CT molecular complexity index is 611. The second-order valence-corrected chi connectivity index (χ2v) is 6.90. The Kier molecular flexibility index (Phi) is 5.02. The van der Waals surface area contributed by atoms with Crippen LogP contribution >= 0.6 is 27.5 Å². The van der Waals surface area contributed by atoms with E-state index in [1.807, 2.05) is 18.3 Å². The molecule has 0 unspecified atom stereocenters. The molecule has 0 aliphatic heterocycles. The lowest BCUT2D eigenvalue weighted by Gasteiger charge is -2.36. The molecule has 1 aromatic heterocycles. The Morgan fingerprint density at radius 2 is 2.00 bits per heavy atom. The lowest BCUT2D eigenvalue weighted by molar-refractivity contribution is 0.419. The smallest absolute Gasteiger partial charge is 0.0737 e. The SMILES string of the molecule is Clc1ccc2c(N(CCBr)C3CCCCC3)ccnc2c1. The van der Waals surface area contributed by atoms with E-state index in [1.165, 1.54) is 43.2 Å². The molecule has 0 atom stereocenters. The van der Waals surface area contributed by atoms with Gasteiger partial charge in [-0.2, -0.15) is 0 Å². The molecule has 0 saturated heterocycles. The molecule has 0 bridgehead atoms. The van der Waals surface area contributed by atoms with Crippen LogP contribution in [-0.2, 0) is 0 Å². The highest BCUT2D eigenvalue weighted by atomic mass is 79.9. The molecule has 4 heteroatoms. The van der Waals surface area contributed by atoms with Crippen LogP contribution in [0.3, 0.4) is 0 Å². The maximum Gasteiger partial charge on any atom is 0.0737 e. The van der Waals surface area contributed by atoms with E-state index in [0.717, 1.165) is 22.4 Å². The van der Waals surface area contributed by atoms with E-state index in [9.17, 15) is 0 Å². The van der Waals surface area contributed by atoms with Gasteiger partial charge in [-0.15, -0.1) is 0 Å². The number of benzene rings is 1. The Morgan fingerprint density at radius 3 is 2.76 bits per heavy atom. The zero-order valence-electron chi connectivity index (χ0n) is 12.1. The summed E-state index contributed by atoms with van der Waals surface area (Å²) in [5, 5.41) is 2.94. The van der Waals surface area contributed by atoms with Crippen LogP contribution in [0.25, 0.3) is 10.9 Å². The van der Waals surface area contributed by atoms with Gasteiger partial charge in [0, 0.05) is 40.2 Å². The molecular formula is C17H20BrClN2. The largest absolute Gasteiger partial charge is 0.367 e. The molecule has 2 nitrogen and oxygen atoms in total. The van der Waals surface area contributed by atoms with Gasteiger partial charge in [0.1, 0.15) is 0 Å². The van der Waals surface area contributed by atoms with Gasteiger partial charge in [-0.3, -0.25) is 4.98 Å². The van der Waals surface area contributed by atoms with Gasteiger partial charge >= 0.3 is 0 Å². The summed E-state index contributed by atoms with van der Waals surface area (Å²) in [7, 11) is 0. The summed E-state index contributed by atoms with van der Waals surface area (Å²) in [4.78, 5) is 7.03. The number of fused-ring (bicyclic) bond motifs is 1. The van der Waals surface area contributed by atoms with Crippen LogP contribution < -0.4 is 4.90 Å². The van der Waals surface area contributed by atoms with Crippen molar-refractivity contribution in [2.75, 3.05) is 16.8 Å². The standard InChI is InChI=1S/C17H20BrClN2/c18-9-11-21(14-4-2-1-3-5-14)17-8-10-20-16-12-13(19)6-7-15(16)17/h6-8,10,12,14H,1-5,9,11H2. The molecule has 1 fully saturated rings. The van der Waals surface area contributed by atoms with Crippen molar-refractivity contribution in [2.45, 2.75) is 38.1 Å². The molecule has 1 aliphatic carbocycles. The number of anilines is 1. The Balaban J connectivity index is 2.02. The average molecular weight is 368 g/mol. The number of rotatable bonds is 4. The fourth-order valence-corrected chi connectivity index (χ4v) is 3.89. The van der Waals surface area contributed by atoms with Crippen LogP contribution in [-0.4, -0.2) is 22.9 Å². The van der Waals surface area contributed by atoms with E-state index in [-0.39, 0.29) is 0 Å². The van der Waals surface area contributed by atoms with E-state index in [2.05, 4.69) is 37.9 Å². The van der Waals surface area contributed by atoms with Crippen molar-refractivity contribution in [1.29, 1.82) is 0 Å². The van der Waals surface area contributed by atoms with Crippen molar-refractivity contribution in [3.05, 3.63) is 35.5 Å². The van der Waals surface area contributed by atoms with Crippen LogP contribution in [0.5, 0.6) is 0 Å².